The van der Waals surface area contributed by atoms with E-state index in [1.165, 1.54) is 16.2 Å². The Morgan fingerprint density at radius 3 is 3.10 bits per heavy atom. The van der Waals surface area contributed by atoms with Crippen LogP contribution in [-0.2, 0) is 25.1 Å². The molecule has 0 unspecified atom stereocenters. The Morgan fingerprint density at radius 1 is 1.48 bits per heavy atom. The van der Waals surface area contributed by atoms with Crippen molar-refractivity contribution in [3.63, 3.8) is 0 Å². The van der Waals surface area contributed by atoms with Gasteiger partial charge in [0.2, 0.25) is 0 Å². The van der Waals surface area contributed by atoms with Crippen molar-refractivity contribution in [3.8, 4) is 0 Å². The Labute approximate surface area is 133 Å². The molecular formula is C15H19N3OS2. The molecule has 4 nitrogen and oxygen atoms in total. The fourth-order valence-corrected chi connectivity index (χ4v) is 4.75. The van der Waals surface area contributed by atoms with Crippen LogP contribution in [0.1, 0.15) is 39.8 Å². The molecule has 0 amide bonds. The number of hydrogen-bond acceptors (Lipinski definition) is 5. The highest BCUT2D eigenvalue weighted by Crippen LogP contribution is 2.32. The molecule has 3 rings (SSSR count). The van der Waals surface area contributed by atoms with Crippen LogP contribution >= 0.6 is 23.1 Å². The lowest BCUT2D eigenvalue weighted by Gasteiger charge is -2.08. The molecular weight excluding hydrogens is 302 g/mol. The summed E-state index contributed by atoms with van der Waals surface area (Å²) in [7, 11) is 0. The van der Waals surface area contributed by atoms with Crippen LogP contribution in [0.4, 0.5) is 0 Å². The second-order valence-electron chi connectivity index (χ2n) is 5.71. The minimum atomic E-state index is 0.164. The molecule has 0 saturated carbocycles. The fourth-order valence-electron chi connectivity index (χ4n) is 2.44. The summed E-state index contributed by atoms with van der Waals surface area (Å²) >= 11 is 3.61. The summed E-state index contributed by atoms with van der Waals surface area (Å²) in [6, 6.07) is 2.08. The van der Waals surface area contributed by atoms with Gasteiger partial charge in [-0.25, -0.2) is 9.67 Å². The van der Waals surface area contributed by atoms with Gasteiger partial charge in [0.1, 0.15) is 12.2 Å². The van der Waals surface area contributed by atoms with Gasteiger partial charge in [-0.1, -0.05) is 13.8 Å². The third kappa shape index (κ3) is 3.37. The first kappa shape index (κ1) is 14.8. The molecule has 0 aromatic carbocycles. The summed E-state index contributed by atoms with van der Waals surface area (Å²) in [6.07, 6.45) is 2.99. The Morgan fingerprint density at radius 2 is 2.33 bits per heavy atom. The molecule has 2 aromatic rings. The number of aryl methyl sites for hydroxylation is 1. The van der Waals surface area contributed by atoms with Crippen LogP contribution in [0.2, 0.25) is 0 Å². The number of fused-ring (bicyclic) bond motifs is 1. The predicted molar refractivity (Wildman–Crippen MR) is 87.1 cm³/mol. The third-order valence-corrected chi connectivity index (χ3v) is 5.74. The van der Waals surface area contributed by atoms with Gasteiger partial charge in [0.05, 0.1) is 11.3 Å². The van der Waals surface area contributed by atoms with Crippen LogP contribution in [0.3, 0.4) is 0 Å². The SMILES string of the molecule is CC(C)Cn1ncnc1CC(=O)c1cc2c(s1)CCSC2. The van der Waals surface area contributed by atoms with Gasteiger partial charge in [-0.2, -0.15) is 16.9 Å². The normalized spacial score (nSPS) is 14.4. The topological polar surface area (TPSA) is 47.8 Å². The highest BCUT2D eigenvalue weighted by atomic mass is 32.2. The van der Waals surface area contributed by atoms with Gasteiger partial charge in [-0.05, 0) is 29.7 Å². The van der Waals surface area contributed by atoms with Gasteiger partial charge in [0.15, 0.2) is 5.78 Å². The summed E-state index contributed by atoms with van der Waals surface area (Å²) in [5.41, 5.74) is 1.35. The minimum Gasteiger partial charge on any atom is -0.293 e. The molecule has 1 aliphatic rings. The van der Waals surface area contributed by atoms with Gasteiger partial charge in [-0.3, -0.25) is 4.79 Å². The van der Waals surface area contributed by atoms with E-state index in [0.29, 0.717) is 12.3 Å². The van der Waals surface area contributed by atoms with E-state index in [0.717, 1.165) is 29.4 Å². The largest absolute Gasteiger partial charge is 0.293 e. The molecule has 2 aromatic heterocycles. The first-order valence-corrected chi connectivity index (χ1v) is 9.20. The van der Waals surface area contributed by atoms with E-state index in [1.807, 2.05) is 16.4 Å². The molecule has 0 atom stereocenters. The molecule has 0 spiro atoms. The number of thiophene rings is 1. The maximum Gasteiger partial charge on any atom is 0.180 e. The number of aromatic nitrogens is 3. The number of thioether (sulfide) groups is 1. The lowest BCUT2D eigenvalue weighted by Crippen LogP contribution is -2.13. The maximum absolute atomic E-state index is 12.5. The molecule has 1 aliphatic heterocycles. The van der Waals surface area contributed by atoms with Gasteiger partial charge < -0.3 is 0 Å². The molecule has 0 saturated heterocycles. The molecule has 0 radical (unpaired) electrons. The summed E-state index contributed by atoms with van der Waals surface area (Å²) in [6.45, 7) is 5.08. The van der Waals surface area contributed by atoms with Crippen LogP contribution in [0.25, 0.3) is 0 Å². The number of carbonyl (C=O) groups excluding carboxylic acids is 1. The van der Waals surface area contributed by atoms with E-state index in [2.05, 4.69) is 30.0 Å². The number of nitrogens with zero attached hydrogens (tertiary/aromatic N) is 3. The molecule has 0 fully saturated rings. The van der Waals surface area contributed by atoms with E-state index >= 15 is 0 Å². The Balaban J connectivity index is 1.74. The lowest BCUT2D eigenvalue weighted by molar-refractivity contribution is 0.0993. The van der Waals surface area contributed by atoms with Crippen LogP contribution in [-0.4, -0.2) is 26.3 Å². The van der Waals surface area contributed by atoms with Crippen molar-refractivity contribution < 1.29 is 4.79 Å². The third-order valence-electron chi connectivity index (χ3n) is 3.45. The average Bonchev–Trinajstić information content (AvgIpc) is 3.05. The van der Waals surface area contributed by atoms with Crippen LogP contribution < -0.4 is 0 Å². The van der Waals surface area contributed by atoms with Gasteiger partial charge in [0, 0.05) is 17.2 Å². The van der Waals surface area contributed by atoms with Gasteiger partial charge in [0.25, 0.3) is 0 Å². The maximum atomic E-state index is 12.5. The minimum absolute atomic E-state index is 0.164. The van der Waals surface area contributed by atoms with Gasteiger partial charge >= 0.3 is 0 Å². The zero-order valence-corrected chi connectivity index (χ0v) is 14.0. The van der Waals surface area contributed by atoms with E-state index < -0.39 is 0 Å². The van der Waals surface area contributed by atoms with E-state index in [9.17, 15) is 4.79 Å². The molecule has 21 heavy (non-hydrogen) atoms. The highest BCUT2D eigenvalue weighted by Gasteiger charge is 2.19. The molecule has 3 heterocycles. The van der Waals surface area contributed by atoms with Crippen molar-refractivity contribution in [3.05, 3.63) is 33.5 Å². The average molecular weight is 321 g/mol. The highest BCUT2D eigenvalue weighted by molar-refractivity contribution is 7.98. The quantitative estimate of drug-likeness (QED) is 0.793. The summed E-state index contributed by atoms with van der Waals surface area (Å²) < 4.78 is 1.85. The van der Waals surface area contributed by atoms with Crippen LogP contribution in [0.5, 0.6) is 0 Å². The van der Waals surface area contributed by atoms with Crippen LogP contribution in [0.15, 0.2) is 12.4 Å². The monoisotopic (exact) mass is 321 g/mol. The number of Topliss-reactive ketones (excluding diaryl/α,β-unsaturated/α-hetero) is 1. The Bertz CT molecular complexity index is 622. The van der Waals surface area contributed by atoms with Crippen LogP contribution in [0, 0.1) is 5.92 Å². The fraction of sp³-hybridized carbons (Fsp3) is 0.533. The van der Waals surface area contributed by atoms with E-state index in [-0.39, 0.29) is 5.78 Å². The molecule has 0 N–H and O–H groups in total. The van der Waals surface area contributed by atoms with E-state index in [1.54, 1.807) is 17.7 Å². The van der Waals surface area contributed by atoms with Crippen molar-refractivity contribution in [1.82, 2.24) is 14.8 Å². The number of ketones is 1. The second-order valence-corrected chi connectivity index (χ2v) is 7.96. The Hall–Kier alpha value is -1.14. The number of rotatable bonds is 5. The van der Waals surface area contributed by atoms with Crippen molar-refractivity contribution >= 4 is 28.9 Å². The summed E-state index contributed by atoms with van der Waals surface area (Å²) in [5.74, 6) is 3.64. The number of carbonyl (C=O) groups is 1. The molecule has 112 valence electrons. The predicted octanol–water partition coefficient (Wildman–Crippen LogP) is 3.21. The summed E-state index contributed by atoms with van der Waals surface area (Å²) in [4.78, 5) is 19.0. The standard InChI is InChI=1S/C15H19N3OS2/c1-10(2)7-18-15(16-9-17-18)6-12(19)14-5-11-8-20-4-3-13(11)21-14/h5,9-10H,3-4,6-8H2,1-2H3. The molecule has 6 heteroatoms. The summed E-state index contributed by atoms with van der Waals surface area (Å²) in [5, 5.41) is 4.22. The first-order chi connectivity index (χ1) is 10.1. The van der Waals surface area contributed by atoms with Crippen molar-refractivity contribution in [2.24, 2.45) is 5.92 Å². The first-order valence-electron chi connectivity index (χ1n) is 7.22. The molecule has 0 bridgehead atoms. The molecule has 0 aliphatic carbocycles. The lowest BCUT2D eigenvalue weighted by atomic mass is 10.1. The van der Waals surface area contributed by atoms with Crippen molar-refractivity contribution in [2.75, 3.05) is 5.75 Å². The zero-order valence-electron chi connectivity index (χ0n) is 12.3. The number of hydrogen-bond donors (Lipinski definition) is 0. The van der Waals surface area contributed by atoms with Crippen molar-refractivity contribution in [1.29, 1.82) is 0 Å². The van der Waals surface area contributed by atoms with Gasteiger partial charge in [-0.15, -0.1) is 11.3 Å². The second kappa shape index (κ2) is 6.32. The van der Waals surface area contributed by atoms with Crippen molar-refractivity contribution in [2.45, 2.75) is 39.0 Å². The Kier molecular flexibility index (Phi) is 4.45. The smallest absolute Gasteiger partial charge is 0.180 e. The van der Waals surface area contributed by atoms with E-state index in [4.69, 9.17) is 0 Å². The zero-order chi connectivity index (χ0) is 14.8.